The Balaban J connectivity index is 2.42. The summed E-state index contributed by atoms with van der Waals surface area (Å²) in [4.78, 5) is 0. The first-order chi connectivity index (χ1) is 6.39. The summed E-state index contributed by atoms with van der Waals surface area (Å²) in [6.45, 7) is 8.24. The first-order valence-electron chi connectivity index (χ1n) is 5.36. The van der Waals surface area contributed by atoms with Gasteiger partial charge in [-0.15, -0.1) is 0 Å². The number of aliphatic hydroxyl groups is 1. The monoisotopic (exact) mass is 201 g/mol. The molecule has 0 radical (unpaired) electrons. The number of nitrogens with one attached hydrogen (secondary N) is 1. The summed E-state index contributed by atoms with van der Waals surface area (Å²) < 4.78 is 5.37. The van der Waals surface area contributed by atoms with Gasteiger partial charge in [-0.2, -0.15) is 0 Å². The molecule has 1 rings (SSSR count). The van der Waals surface area contributed by atoms with Crippen LogP contribution in [0.25, 0.3) is 0 Å². The van der Waals surface area contributed by atoms with Gasteiger partial charge in [0.1, 0.15) is 0 Å². The summed E-state index contributed by atoms with van der Waals surface area (Å²) in [7, 11) is 1.76. The first-order valence-corrected chi connectivity index (χ1v) is 5.36. The Morgan fingerprint density at radius 3 is 2.36 bits per heavy atom. The maximum absolute atomic E-state index is 9.39. The standard InChI is InChI=1S/C11H23NO2/c1-7(8(2)13)12-9-6-10(14-5)11(9,3)4/h7-10,12-13H,6H2,1-5H3. The smallest absolute Gasteiger partial charge is 0.0662 e. The van der Waals surface area contributed by atoms with E-state index >= 15 is 0 Å². The number of ether oxygens (including phenoxy) is 1. The number of rotatable bonds is 4. The highest BCUT2D eigenvalue weighted by Gasteiger charge is 2.48. The molecule has 1 saturated carbocycles. The predicted octanol–water partition coefficient (Wildman–Crippen LogP) is 1.16. The summed E-state index contributed by atoms with van der Waals surface area (Å²) in [5.41, 5.74) is 0.178. The van der Waals surface area contributed by atoms with Crippen molar-refractivity contribution in [3.8, 4) is 0 Å². The second-order valence-electron chi connectivity index (χ2n) is 5.03. The third kappa shape index (κ3) is 2.10. The molecule has 84 valence electrons. The van der Waals surface area contributed by atoms with Crippen LogP contribution in [0.1, 0.15) is 34.1 Å². The van der Waals surface area contributed by atoms with Crippen LogP contribution in [0.5, 0.6) is 0 Å². The van der Waals surface area contributed by atoms with Crippen LogP contribution in [-0.2, 0) is 4.74 Å². The van der Waals surface area contributed by atoms with Crippen LogP contribution in [0.3, 0.4) is 0 Å². The molecule has 14 heavy (non-hydrogen) atoms. The van der Waals surface area contributed by atoms with Crippen LogP contribution >= 0.6 is 0 Å². The molecule has 0 aliphatic heterocycles. The molecular formula is C11H23NO2. The van der Waals surface area contributed by atoms with E-state index in [1.54, 1.807) is 7.11 Å². The molecule has 0 saturated heterocycles. The average molecular weight is 201 g/mol. The van der Waals surface area contributed by atoms with Crippen molar-refractivity contribution < 1.29 is 9.84 Å². The van der Waals surface area contributed by atoms with Crippen molar-refractivity contribution in [1.29, 1.82) is 0 Å². The number of aliphatic hydroxyl groups excluding tert-OH is 1. The second kappa shape index (κ2) is 4.17. The molecule has 2 N–H and O–H groups in total. The molecular weight excluding hydrogens is 178 g/mol. The molecule has 4 atom stereocenters. The van der Waals surface area contributed by atoms with E-state index in [2.05, 4.69) is 19.2 Å². The van der Waals surface area contributed by atoms with Gasteiger partial charge in [0.05, 0.1) is 12.2 Å². The summed E-state index contributed by atoms with van der Waals surface area (Å²) in [6.07, 6.45) is 1.09. The van der Waals surface area contributed by atoms with Gasteiger partial charge in [-0.1, -0.05) is 13.8 Å². The average Bonchev–Trinajstić information content (AvgIpc) is 2.10. The van der Waals surface area contributed by atoms with E-state index in [9.17, 15) is 5.11 Å². The zero-order valence-electron chi connectivity index (χ0n) is 9.87. The highest BCUT2D eigenvalue weighted by molar-refractivity contribution is 5.03. The molecule has 3 heteroatoms. The number of hydrogen-bond acceptors (Lipinski definition) is 3. The van der Waals surface area contributed by atoms with Crippen molar-refractivity contribution >= 4 is 0 Å². The molecule has 0 aromatic heterocycles. The van der Waals surface area contributed by atoms with Crippen molar-refractivity contribution in [3.63, 3.8) is 0 Å². The summed E-state index contributed by atoms with van der Waals surface area (Å²) in [6, 6.07) is 0.606. The van der Waals surface area contributed by atoms with Gasteiger partial charge in [-0.25, -0.2) is 0 Å². The maximum atomic E-state index is 9.39. The minimum atomic E-state index is -0.299. The molecule has 1 aliphatic rings. The fourth-order valence-electron chi connectivity index (χ4n) is 2.02. The van der Waals surface area contributed by atoms with Crippen LogP contribution in [0.15, 0.2) is 0 Å². The lowest BCUT2D eigenvalue weighted by molar-refractivity contribution is -0.103. The Bertz CT molecular complexity index is 192. The molecule has 0 bridgehead atoms. The van der Waals surface area contributed by atoms with Gasteiger partial charge in [0, 0.05) is 24.6 Å². The molecule has 0 aromatic carbocycles. The van der Waals surface area contributed by atoms with Gasteiger partial charge in [0.15, 0.2) is 0 Å². The molecule has 0 spiro atoms. The van der Waals surface area contributed by atoms with Crippen LogP contribution in [0.4, 0.5) is 0 Å². The molecule has 3 nitrogen and oxygen atoms in total. The molecule has 0 amide bonds. The molecule has 1 aliphatic carbocycles. The lowest BCUT2D eigenvalue weighted by Gasteiger charge is -2.52. The summed E-state index contributed by atoms with van der Waals surface area (Å²) in [5, 5.41) is 12.8. The lowest BCUT2D eigenvalue weighted by Crippen LogP contribution is -2.63. The van der Waals surface area contributed by atoms with E-state index in [0.29, 0.717) is 12.1 Å². The zero-order chi connectivity index (χ0) is 10.9. The van der Waals surface area contributed by atoms with Gasteiger partial charge in [0.25, 0.3) is 0 Å². The van der Waals surface area contributed by atoms with E-state index in [1.165, 1.54) is 0 Å². The van der Waals surface area contributed by atoms with Crippen LogP contribution in [0, 0.1) is 5.41 Å². The minimum absolute atomic E-state index is 0.150. The SMILES string of the molecule is COC1CC(NC(C)C(C)O)C1(C)C. The summed E-state index contributed by atoms with van der Waals surface area (Å²) >= 11 is 0. The Morgan fingerprint density at radius 1 is 1.43 bits per heavy atom. The fourth-order valence-corrected chi connectivity index (χ4v) is 2.02. The second-order valence-corrected chi connectivity index (χ2v) is 5.03. The lowest BCUT2D eigenvalue weighted by atomic mass is 9.64. The van der Waals surface area contributed by atoms with Crippen molar-refractivity contribution in [3.05, 3.63) is 0 Å². The van der Waals surface area contributed by atoms with E-state index in [4.69, 9.17) is 4.74 Å². The fraction of sp³-hybridized carbons (Fsp3) is 1.00. The highest BCUT2D eigenvalue weighted by atomic mass is 16.5. The normalized spacial score (nSPS) is 34.7. The van der Waals surface area contributed by atoms with Crippen molar-refractivity contribution in [1.82, 2.24) is 5.32 Å². The maximum Gasteiger partial charge on any atom is 0.0662 e. The topological polar surface area (TPSA) is 41.5 Å². The first kappa shape index (κ1) is 12.0. The van der Waals surface area contributed by atoms with Crippen molar-refractivity contribution in [2.45, 2.75) is 58.4 Å². The Hall–Kier alpha value is -0.120. The molecule has 1 fully saturated rings. The van der Waals surface area contributed by atoms with Gasteiger partial charge in [-0.3, -0.25) is 0 Å². The third-order valence-corrected chi connectivity index (χ3v) is 3.65. The van der Waals surface area contributed by atoms with E-state index in [0.717, 1.165) is 6.42 Å². The van der Waals surface area contributed by atoms with Gasteiger partial charge in [0.2, 0.25) is 0 Å². The Morgan fingerprint density at radius 2 is 2.00 bits per heavy atom. The molecule has 0 heterocycles. The predicted molar refractivity (Wildman–Crippen MR) is 57.3 cm³/mol. The minimum Gasteiger partial charge on any atom is -0.392 e. The zero-order valence-corrected chi connectivity index (χ0v) is 9.87. The quantitative estimate of drug-likeness (QED) is 0.717. The molecule has 0 aromatic rings. The van der Waals surface area contributed by atoms with Crippen LogP contribution in [-0.4, -0.2) is 36.5 Å². The van der Waals surface area contributed by atoms with E-state index < -0.39 is 0 Å². The van der Waals surface area contributed by atoms with Crippen molar-refractivity contribution in [2.24, 2.45) is 5.41 Å². The number of methoxy groups -OCH3 is 1. The highest BCUT2D eigenvalue weighted by Crippen LogP contribution is 2.42. The largest absolute Gasteiger partial charge is 0.392 e. The van der Waals surface area contributed by atoms with Crippen LogP contribution < -0.4 is 5.32 Å². The van der Waals surface area contributed by atoms with Crippen molar-refractivity contribution in [2.75, 3.05) is 7.11 Å². The van der Waals surface area contributed by atoms with Gasteiger partial charge < -0.3 is 15.2 Å². The summed E-state index contributed by atoms with van der Waals surface area (Å²) in [5.74, 6) is 0. The van der Waals surface area contributed by atoms with Gasteiger partial charge >= 0.3 is 0 Å². The molecule has 4 unspecified atom stereocenters. The Kier molecular flexibility index (Phi) is 3.56. The third-order valence-electron chi connectivity index (χ3n) is 3.65. The van der Waals surface area contributed by atoms with E-state index in [1.807, 2.05) is 13.8 Å². The Labute approximate surface area is 86.8 Å². The van der Waals surface area contributed by atoms with E-state index in [-0.39, 0.29) is 17.6 Å². The van der Waals surface area contributed by atoms with Crippen LogP contribution in [0.2, 0.25) is 0 Å². The van der Waals surface area contributed by atoms with Gasteiger partial charge in [-0.05, 0) is 20.3 Å². The number of hydrogen-bond donors (Lipinski definition) is 2.